The second-order valence-corrected chi connectivity index (χ2v) is 3.83. The van der Waals surface area contributed by atoms with Crippen LogP contribution in [-0.2, 0) is 0 Å². The first-order valence-corrected chi connectivity index (χ1v) is 5.04. The Morgan fingerprint density at radius 2 is 1.79 bits per heavy atom. The molecule has 0 amide bonds. The number of aryl methyl sites for hydroxylation is 1. The van der Waals surface area contributed by atoms with Crippen LogP contribution < -0.4 is 0 Å². The van der Waals surface area contributed by atoms with E-state index >= 15 is 0 Å². The van der Waals surface area contributed by atoms with E-state index in [-0.39, 0.29) is 0 Å². The van der Waals surface area contributed by atoms with Crippen LogP contribution in [0.4, 0.5) is 0 Å². The van der Waals surface area contributed by atoms with Crippen molar-refractivity contribution in [2.24, 2.45) is 0 Å². The maximum atomic E-state index is 4.52. The summed E-state index contributed by atoms with van der Waals surface area (Å²) < 4.78 is 0. The molecule has 0 saturated heterocycles. The molecule has 1 aromatic rings. The Bertz CT molecular complexity index is 352. The molecule has 0 aliphatic rings. The van der Waals surface area contributed by atoms with Gasteiger partial charge in [-0.1, -0.05) is 19.9 Å². The second-order valence-electron chi connectivity index (χ2n) is 3.83. The lowest BCUT2D eigenvalue weighted by Gasteiger charge is -2.11. The highest BCUT2D eigenvalue weighted by atomic mass is 14.9. The third kappa shape index (κ3) is 2.19. The monoisotopic (exact) mass is 190 g/mol. The molecule has 1 aromatic heterocycles. The van der Waals surface area contributed by atoms with Crippen molar-refractivity contribution in [2.45, 2.75) is 40.5 Å². The molecular formula is C12H18N2. The molecule has 0 N–H and O–H groups in total. The summed E-state index contributed by atoms with van der Waals surface area (Å²) in [6, 6.07) is 0. The molecule has 0 bridgehead atoms. The Labute approximate surface area is 86.1 Å². The van der Waals surface area contributed by atoms with E-state index in [9.17, 15) is 0 Å². The van der Waals surface area contributed by atoms with Gasteiger partial charge in [0.05, 0.1) is 5.69 Å². The number of allylic oxidation sites excluding steroid dienone is 1. The molecule has 0 aromatic carbocycles. The highest BCUT2D eigenvalue weighted by Gasteiger charge is 2.09. The largest absolute Gasteiger partial charge is 0.234 e. The van der Waals surface area contributed by atoms with Gasteiger partial charge >= 0.3 is 0 Å². The Morgan fingerprint density at radius 1 is 1.14 bits per heavy atom. The van der Waals surface area contributed by atoms with E-state index in [4.69, 9.17) is 0 Å². The Hall–Kier alpha value is -1.18. The molecule has 0 unspecified atom stereocenters. The van der Waals surface area contributed by atoms with Crippen molar-refractivity contribution in [1.29, 1.82) is 0 Å². The van der Waals surface area contributed by atoms with Crippen molar-refractivity contribution >= 4 is 6.08 Å². The third-order valence-electron chi connectivity index (χ3n) is 2.31. The fraction of sp³-hybridized carbons (Fsp3) is 0.500. The molecule has 2 nitrogen and oxygen atoms in total. The highest BCUT2D eigenvalue weighted by molar-refractivity contribution is 5.41. The standard InChI is InChI=1S/C12H18N2/c1-6-7-11-13-10(5)9(4)12(14-11)8(2)3/h6-8H,1-5H3/b7-6+. The summed E-state index contributed by atoms with van der Waals surface area (Å²) in [4.78, 5) is 8.93. The van der Waals surface area contributed by atoms with Gasteiger partial charge in [0.1, 0.15) is 0 Å². The van der Waals surface area contributed by atoms with Crippen LogP contribution in [0.2, 0.25) is 0 Å². The van der Waals surface area contributed by atoms with Crippen LogP contribution in [0.15, 0.2) is 6.08 Å². The lowest BCUT2D eigenvalue weighted by molar-refractivity contribution is 0.791. The summed E-state index contributed by atoms with van der Waals surface area (Å²) in [5.41, 5.74) is 3.45. The number of hydrogen-bond donors (Lipinski definition) is 0. The van der Waals surface area contributed by atoms with Gasteiger partial charge in [0, 0.05) is 5.69 Å². The maximum Gasteiger partial charge on any atom is 0.152 e. The van der Waals surface area contributed by atoms with Gasteiger partial charge in [0.25, 0.3) is 0 Å². The molecular weight excluding hydrogens is 172 g/mol. The predicted molar refractivity (Wildman–Crippen MR) is 60.3 cm³/mol. The molecule has 0 atom stereocenters. The van der Waals surface area contributed by atoms with Crippen LogP contribution in [0.1, 0.15) is 49.5 Å². The van der Waals surface area contributed by atoms with E-state index in [1.54, 1.807) is 0 Å². The third-order valence-corrected chi connectivity index (χ3v) is 2.31. The van der Waals surface area contributed by atoms with Gasteiger partial charge in [0.15, 0.2) is 5.82 Å². The Morgan fingerprint density at radius 3 is 2.29 bits per heavy atom. The summed E-state index contributed by atoms with van der Waals surface area (Å²) in [6.07, 6.45) is 3.91. The van der Waals surface area contributed by atoms with E-state index in [1.165, 1.54) is 5.56 Å². The number of rotatable bonds is 2. The minimum Gasteiger partial charge on any atom is -0.234 e. The normalized spacial score (nSPS) is 11.6. The predicted octanol–water partition coefficient (Wildman–Crippen LogP) is 3.25. The lowest BCUT2D eigenvalue weighted by Crippen LogP contribution is -2.04. The van der Waals surface area contributed by atoms with Gasteiger partial charge in [-0.2, -0.15) is 0 Å². The summed E-state index contributed by atoms with van der Waals surface area (Å²) in [5.74, 6) is 1.28. The van der Waals surface area contributed by atoms with E-state index in [0.717, 1.165) is 17.2 Å². The Kier molecular flexibility index (Phi) is 3.39. The van der Waals surface area contributed by atoms with E-state index in [1.807, 2.05) is 26.0 Å². The van der Waals surface area contributed by atoms with Gasteiger partial charge in [0.2, 0.25) is 0 Å². The first kappa shape index (κ1) is 10.9. The highest BCUT2D eigenvalue weighted by Crippen LogP contribution is 2.18. The van der Waals surface area contributed by atoms with Crippen LogP contribution in [-0.4, -0.2) is 9.97 Å². The zero-order valence-electron chi connectivity index (χ0n) is 9.63. The number of nitrogens with zero attached hydrogens (tertiary/aromatic N) is 2. The molecule has 0 saturated carbocycles. The van der Waals surface area contributed by atoms with Crippen LogP contribution in [0.25, 0.3) is 6.08 Å². The molecule has 1 heterocycles. The summed E-state index contributed by atoms with van der Waals surface area (Å²) in [6.45, 7) is 10.4. The average Bonchev–Trinajstić information content (AvgIpc) is 2.11. The molecule has 76 valence electrons. The first-order chi connectivity index (χ1) is 6.56. The van der Waals surface area contributed by atoms with Crippen LogP contribution in [0.5, 0.6) is 0 Å². The van der Waals surface area contributed by atoms with Gasteiger partial charge in [-0.15, -0.1) is 0 Å². The average molecular weight is 190 g/mol. The zero-order valence-corrected chi connectivity index (χ0v) is 9.63. The number of aromatic nitrogens is 2. The van der Waals surface area contributed by atoms with Gasteiger partial charge in [-0.3, -0.25) is 0 Å². The van der Waals surface area contributed by atoms with Crippen molar-refractivity contribution in [1.82, 2.24) is 9.97 Å². The Balaban J connectivity index is 3.28. The minimum absolute atomic E-state index is 0.459. The molecule has 0 radical (unpaired) electrons. The van der Waals surface area contributed by atoms with E-state index < -0.39 is 0 Å². The van der Waals surface area contributed by atoms with Crippen molar-refractivity contribution < 1.29 is 0 Å². The summed E-state index contributed by atoms with van der Waals surface area (Å²) in [7, 11) is 0. The van der Waals surface area contributed by atoms with Crippen molar-refractivity contribution in [2.75, 3.05) is 0 Å². The van der Waals surface area contributed by atoms with Crippen molar-refractivity contribution in [3.8, 4) is 0 Å². The SMILES string of the molecule is C/C=C/c1nc(C)c(C)c(C(C)C)n1. The van der Waals surface area contributed by atoms with Crippen LogP contribution >= 0.6 is 0 Å². The fourth-order valence-corrected chi connectivity index (χ4v) is 1.46. The molecule has 14 heavy (non-hydrogen) atoms. The second kappa shape index (κ2) is 4.36. The molecule has 0 fully saturated rings. The summed E-state index contributed by atoms with van der Waals surface area (Å²) in [5, 5.41) is 0. The molecule has 0 aliphatic carbocycles. The maximum absolute atomic E-state index is 4.52. The van der Waals surface area contributed by atoms with Gasteiger partial charge < -0.3 is 0 Å². The minimum atomic E-state index is 0.459. The zero-order chi connectivity index (χ0) is 10.7. The van der Waals surface area contributed by atoms with Crippen molar-refractivity contribution in [3.05, 3.63) is 28.9 Å². The smallest absolute Gasteiger partial charge is 0.152 e. The van der Waals surface area contributed by atoms with Crippen LogP contribution in [0, 0.1) is 13.8 Å². The van der Waals surface area contributed by atoms with Gasteiger partial charge in [-0.05, 0) is 38.3 Å². The molecule has 1 rings (SSSR count). The van der Waals surface area contributed by atoms with E-state index in [2.05, 4.69) is 30.7 Å². The topological polar surface area (TPSA) is 25.8 Å². The molecule has 0 spiro atoms. The molecule has 0 aliphatic heterocycles. The van der Waals surface area contributed by atoms with Gasteiger partial charge in [-0.25, -0.2) is 9.97 Å². The quantitative estimate of drug-likeness (QED) is 0.715. The van der Waals surface area contributed by atoms with E-state index in [0.29, 0.717) is 5.92 Å². The van der Waals surface area contributed by atoms with Crippen LogP contribution in [0.3, 0.4) is 0 Å². The molecule has 2 heteroatoms. The number of hydrogen-bond acceptors (Lipinski definition) is 2. The first-order valence-electron chi connectivity index (χ1n) is 5.04. The fourth-order valence-electron chi connectivity index (χ4n) is 1.46. The van der Waals surface area contributed by atoms with Crippen molar-refractivity contribution in [3.63, 3.8) is 0 Å². The lowest BCUT2D eigenvalue weighted by atomic mass is 10.0. The summed E-state index contributed by atoms with van der Waals surface area (Å²) >= 11 is 0.